The first kappa shape index (κ1) is 16.0. The lowest BCUT2D eigenvalue weighted by Crippen LogP contribution is -2.45. The zero-order chi connectivity index (χ0) is 14.0. The van der Waals surface area contributed by atoms with Crippen molar-refractivity contribution in [2.75, 3.05) is 0 Å². The summed E-state index contributed by atoms with van der Waals surface area (Å²) in [4.78, 5) is 0. The van der Waals surface area contributed by atoms with Crippen molar-refractivity contribution >= 4 is 0 Å². The average molecular weight is 255 g/mol. The summed E-state index contributed by atoms with van der Waals surface area (Å²) in [6, 6.07) is 0.279. The lowest BCUT2D eigenvalue weighted by atomic mass is 9.74. The Labute approximate surface area is 114 Å². The zero-order valence-electron chi connectivity index (χ0n) is 13.3. The van der Waals surface area contributed by atoms with Gasteiger partial charge in [0.2, 0.25) is 0 Å². The van der Waals surface area contributed by atoms with Gasteiger partial charge in [0.15, 0.2) is 0 Å². The predicted molar refractivity (Wildman–Crippen MR) is 78.6 cm³/mol. The Kier molecular flexibility index (Phi) is 5.25. The van der Waals surface area contributed by atoms with Crippen molar-refractivity contribution < 1.29 is 4.74 Å². The lowest BCUT2D eigenvalue weighted by molar-refractivity contribution is -0.0784. The molecule has 2 atom stereocenters. The van der Waals surface area contributed by atoms with Crippen LogP contribution in [0.1, 0.15) is 73.6 Å². The van der Waals surface area contributed by atoms with Gasteiger partial charge < -0.3 is 10.5 Å². The van der Waals surface area contributed by atoms with E-state index in [-0.39, 0.29) is 17.2 Å². The molecule has 1 aliphatic heterocycles. The van der Waals surface area contributed by atoms with E-state index in [0.717, 1.165) is 6.42 Å². The van der Waals surface area contributed by atoms with Crippen LogP contribution < -0.4 is 5.73 Å². The Balaban J connectivity index is 2.77. The van der Waals surface area contributed by atoms with Gasteiger partial charge in [-0.05, 0) is 52.9 Å². The summed E-state index contributed by atoms with van der Waals surface area (Å²) >= 11 is 0. The van der Waals surface area contributed by atoms with Gasteiger partial charge in [0, 0.05) is 12.0 Å². The van der Waals surface area contributed by atoms with Crippen LogP contribution in [0.3, 0.4) is 0 Å². The van der Waals surface area contributed by atoms with E-state index in [0.29, 0.717) is 11.8 Å². The maximum Gasteiger partial charge on any atom is 0.0677 e. The minimum absolute atomic E-state index is 0.0191. The number of ether oxygens (including phenoxy) is 1. The predicted octanol–water partition coefficient (Wildman–Crippen LogP) is 4.12. The van der Waals surface area contributed by atoms with Gasteiger partial charge in [0.05, 0.1) is 11.2 Å². The lowest BCUT2D eigenvalue weighted by Gasteiger charge is -2.35. The zero-order valence-corrected chi connectivity index (χ0v) is 13.3. The minimum Gasteiger partial charge on any atom is -0.369 e. The van der Waals surface area contributed by atoms with Crippen LogP contribution in [-0.2, 0) is 4.74 Å². The molecule has 0 bridgehead atoms. The van der Waals surface area contributed by atoms with Crippen molar-refractivity contribution in [1.29, 1.82) is 0 Å². The molecule has 1 fully saturated rings. The summed E-state index contributed by atoms with van der Waals surface area (Å²) in [5, 5.41) is 0. The van der Waals surface area contributed by atoms with Crippen LogP contribution in [0.15, 0.2) is 0 Å². The summed E-state index contributed by atoms with van der Waals surface area (Å²) in [5.41, 5.74) is 6.51. The van der Waals surface area contributed by atoms with Crippen LogP contribution in [0.4, 0.5) is 0 Å². The molecule has 2 N–H and O–H groups in total. The number of rotatable bonds is 6. The molecule has 1 rings (SSSR count). The SMILES string of the molecule is CCCC(CCC)C(N)C1CC(C)(C)OC1(C)C. The number of hydrogen-bond donors (Lipinski definition) is 1. The van der Waals surface area contributed by atoms with E-state index < -0.39 is 0 Å². The molecule has 0 amide bonds. The van der Waals surface area contributed by atoms with Gasteiger partial charge in [0.1, 0.15) is 0 Å². The third kappa shape index (κ3) is 3.71. The van der Waals surface area contributed by atoms with Crippen LogP contribution in [0, 0.1) is 11.8 Å². The third-order valence-electron chi connectivity index (χ3n) is 4.47. The fourth-order valence-corrected chi connectivity index (χ4v) is 3.80. The summed E-state index contributed by atoms with van der Waals surface area (Å²) < 4.78 is 6.20. The first-order valence-electron chi connectivity index (χ1n) is 7.69. The van der Waals surface area contributed by atoms with Gasteiger partial charge in [-0.3, -0.25) is 0 Å². The van der Waals surface area contributed by atoms with Crippen molar-refractivity contribution in [1.82, 2.24) is 0 Å². The van der Waals surface area contributed by atoms with E-state index >= 15 is 0 Å². The molecule has 2 nitrogen and oxygen atoms in total. The maximum absolute atomic E-state index is 6.61. The number of hydrogen-bond acceptors (Lipinski definition) is 2. The van der Waals surface area contributed by atoms with Crippen molar-refractivity contribution in [3.8, 4) is 0 Å². The van der Waals surface area contributed by atoms with Crippen LogP contribution in [0.25, 0.3) is 0 Å². The van der Waals surface area contributed by atoms with E-state index in [2.05, 4.69) is 41.5 Å². The quantitative estimate of drug-likeness (QED) is 0.774. The molecule has 0 aliphatic carbocycles. The standard InChI is InChI=1S/C16H33NO/c1-7-9-12(10-8-2)14(17)13-11-15(3,4)18-16(13,5)6/h12-14H,7-11,17H2,1-6H3. The molecule has 0 aromatic heterocycles. The summed E-state index contributed by atoms with van der Waals surface area (Å²) in [6.07, 6.45) is 6.06. The fraction of sp³-hybridized carbons (Fsp3) is 1.00. The molecule has 0 saturated carbocycles. The third-order valence-corrected chi connectivity index (χ3v) is 4.47. The first-order valence-corrected chi connectivity index (χ1v) is 7.69. The van der Waals surface area contributed by atoms with Crippen molar-refractivity contribution in [2.45, 2.75) is 90.9 Å². The summed E-state index contributed by atoms with van der Waals surface area (Å²) in [6.45, 7) is 13.3. The molecule has 2 unspecified atom stereocenters. The highest BCUT2D eigenvalue weighted by Gasteiger charge is 2.49. The molecular weight excluding hydrogens is 222 g/mol. The normalized spacial score (nSPS) is 27.7. The topological polar surface area (TPSA) is 35.2 Å². The number of nitrogens with two attached hydrogens (primary N) is 1. The second-order valence-electron chi connectivity index (χ2n) is 7.19. The van der Waals surface area contributed by atoms with E-state index in [1.807, 2.05) is 0 Å². The monoisotopic (exact) mass is 255 g/mol. The van der Waals surface area contributed by atoms with Gasteiger partial charge in [-0.15, -0.1) is 0 Å². The highest BCUT2D eigenvalue weighted by molar-refractivity contribution is 5.00. The summed E-state index contributed by atoms with van der Waals surface area (Å²) in [5.74, 6) is 1.14. The smallest absolute Gasteiger partial charge is 0.0677 e. The Bertz CT molecular complexity index is 254. The Morgan fingerprint density at radius 1 is 1.11 bits per heavy atom. The van der Waals surface area contributed by atoms with E-state index in [4.69, 9.17) is 10.5 Å². The molecular formula is C16H33NO. The van der Waals surface area contributed by atoms with Crippen molar-refractivity contribution in [2.24, 2.45) is 17.6 Å². The molecule has 1 saturated heterocycles. The largest absolute Gasteiger partial charge is 0.369 e. The van der Waals surface area contributed by atoms with Gasteiger partial charge >= 0.3 is 0 Å². The highest BCUT2D eigenvalue weighted by Crippen LogP contribution is 2.45. The Morgan fingerprint density at radius 2 is 1.61 bits per heavy atom. The molecule has 2 heteroatoms. The van der Waals surface area contributed by atoms with Crippen LogP contribution in [0.5, 0.6) is 0 Å². The van der Waals surface area contributed by atoms with E-state index in [1.54, 1.807) is 0 Å². The molecule has 0 radical (unpaired) electrons. The second kappa shape index (κ2) is 5.92. The first-order chi connectivity index (χ1) is 8.23. The fourth-order valence-electron chi connectivity index (χ4n) is 3.80. The molecule has 18 heavy (non-hydrogen) atoms. The van der Waals surface area contributed by atoms with Crippen LogP contribution in [-0.4, -0.2) is 17.2 Å². The molecule has 1 heterocycles. The van der Waals surface area contributed by atoms with E-state index in [9.17, 15) is 0 Å². The minimum atomic E-state index is -0.0807. The molecule has 0 aromatic carbocycles. The molecule has 108 valence electrons. The maximum atomic E-state index is 6.61. The summed E-state index contributed by atoms with van der Waals surface area (Å²) in [7, 11) is 0. The van der Waals surface area contributed by atoms with Gasteiger partial charge in [0.25, 0.3) is 0 Å². The highest BCUT2D eigenvalue weighted by atomic mass is 16.5. The molecule has 0 spiro atoms. The van der Waals surface area contributed by atoms with Crippen molar-refractivity contribution in [3.63, 3.8) is 0 Å². The molecule has 1 aliphatic rings. The Morgan fingerprint density at radius 3 is 1.94 bits per heavy atom. The Hall–Kier alpha value is -0.0800. The van der Waals surface area contributed by atoms with Gasteiger partial charge in [-0.2, -0.15) is 0 Å². The average Bonchev–Trinajstić information content (AvgIpc) is 2.45. The van der Waals surface area contributed by atoms with Crippen LogP contribution >= 0.6 is 0 Å². The second-order valence-corrected chi connectivity index (χ2v) is 7.19. The molecule has 0 aromatic rings. The van der Waals surface area contributed by atoms with Crippen LogP contribution in [0.2, 0.25) is 0 Å². The van der Waals surface area contributed by atoms with Crippen molar-refractivity contribution in [3.05, 3.63) is 0 Å². The van der Waals surface area contributed by atoms with E-state index in [1.165, 1.54) is 25.7 Å². The van der Waals surface area contributed by atoms with Gasteiger partial charge in [-0.25, -0.2) is 0 Å². The van der Waals surface area contributed by atoms with Gasteiger partial charge in [-0.1, -0.05) is 26.7 Å².